The molecular formula is C23H18F3N3O3S. The number of halogens is 3. The SMILES string of the molecule is CCCS(=O)(=O)Nc1ccc(F)c(C(=O)c2c[nH]c3ncc(-c4ccc(F)cc4)cc23)c1F. The van der Waals surface area contributed by atoms with E-state index in [9.17, 15) is 22.0 Å². The van der Waals surface area contributed by atoms with Crippen LogP contribution in [0.3, 0.4) is 0 Å². The normalized spacial score (nSPS) is 11.6. The number of carbonyl (C=O) groups excluding carboxylic acids is 1. The summed E-state index contributed by atoms with van der Waals surface area (Å²) in [6.07, 6.45) is 3.09. The zero-order chi connectivity index (χ0) is 23.8. The van der Waals surface area contributed by atoms with Gasteiger partial charge in [0.2, 0.25) is 15.8 Å². The first kappa shape index (κ1) is 22.5. The number of nitrogens with one attached hydrogen (secondary N) is 2. The Morgan fingerprint density at radius 1 is 1.06 bits per heavy atom. The quantitative estimate of drug-likeness (QED) is 0.368. The molecular weight excluding hydrogens is 455 g/mol. The molecule has 0 aliphatic carbocycles. The van der Waals surface area contributed by atoms with Crippen molar-refractivity contribution in [2.45, 2.75) is 13.3 Å². The molecule has 10 heteroatoms. The minimum atomic E-state index is -3.86. The van der Waals surface area contributed by atoms with Gasteiger partial charge in [-0.05, 0) is 42.3 Å². The summed E-state index contributed by atoms with van der Waals surface area (Å²) in [6.45, 7) is 1.64. The van der Waals surface area contributed by atoms with E-state index in [-0.39, 0.29) is 11.3 Å². The summed E-state index contributed by atoms with van der Waals surface area (Å²) < 4.78 is 69.0. The predicted molar refractivity (Wildman–Crippen MR) is 119 cm³/mol. The van der Waals surface area contributed by atoms with Crippen LogP contribution in [-0.4, -0.2) is 29.9 Å². The Labute approximate surface area is 187 Å². The van der Waals surface area contributed by atoms with Gasteiger partial charge in [0.05, 0.1) is 17.0 Å². The van der Waals surface area contributed by atoms with Crippen LogP contribution in [-0.2, 0) is 10.0 Å². The van der Waals surface area contributed by atoms with Crippen LogP contribution in [0.25, 0.3) is 22.2 Å². The number of sulfonamides is 1. The van der Waals surface area contributed by atoms with Gasteiger partial charge in [0.1, 0.15) is 17.3 Å². The lowest BCUT2D eigenvalue weighted by Crippen LogP contribution is -2.18. The summed E-state index contributed by atoms with van der Waals surface area (Å²) in [4.78, 5) is 20.2. The Morgan fingerprint density at radius 3 is 2.48 bits per heavy atom. The lowest BCUT2D eigenvalue weighted by atomic mass is 10.00. The van der Waals surface area contributed by atoms with Gasteiger partial charge in [0, 0.05) is 28.9 Å². The van der Waals surface area contributed by atoms with Gasteiger partial charge in [-0.15, -0.1) is 0 Å². The molecule has 0 atom stereocenters. The largest absolute Gasteiger partial charge is 0.345 e. The van der Waals surface area contributed by atoms with Gasteiger partial charge in [0.25, 0.3) is 0 Å². The number of pyridine rings is 1. The van der Waals surface area contributed by atoms with Crippen molar-refractivity contribution in [3.63, 3.8) is 0 Å². The number of carbonyl (C=O) groups is 1. The summed E-state index contributed by atoms with van der Waals surface area (Å²) in [6, 6.07) is 8.99. The molecule has 0 aliphatic rings. The molecule has 0 saturated carbocycles. The third-order valence-electron chi connectivity index (χ3n) is 5.01. The van der Waals surface area contributed by atoms with Crippen molar-refractivity contribution in [2.75, 3.05) is 10.5 Å². The number of benzene rings is 2. The number of aromatic nitrogens is 2. The molecule has 0 amide bonds. The summed E-state index contributed by atoms with van der Waals surface area (Å²) in [7, 11) is -3.86. The molecule has 0 fully saturated rings. The average Bonchev–Trinajstić information content (AvgIpc) is 3.19. The van der Waals surface area contributed by atoms with E-state index in [2.05, 4.69) is 14.7 Å². The highest BCUT2D eigenvalue weighted by molar-refractivity contribution is 7.92. The van der Waals surface area contributed by atoms with E-state index in [0.29, 0.717) is 28.6 Å². The molecule has 2 N–H and O–H groups in total. The fourth-order valence-corrected chi connectivity index (χ4v) is 4.59. The molecule has 0 spiro atoms. The summed E-state index contributed by atoms with van der Waals surface area (Å²) >= 11 is 0. The molecule has 0 radical (unpaired) electrons. The first-order valence-electron chi connectivity index (χ1n) is 9.96. The van der Waals surface area contributed by atoms with Crippen molar-refractivity contribution >= 4 is 32.5 Å². The van der Waals surface area contributed by atoms with Gasteiger partial charge in [-0.3, -0.25) is 9.52 Å². The molecule has 2 heterocycles. The van der Waals surface area contributed by atoms with Crippen LogP contribution in [0.2, 0.25) is 0 Å². The lowest BCUT2D eigenvalue weighted by Gasteiger charge is -2.11. The van der Waals surface area contributed by atoms with Crippen molar-refractivity contribution in [3.8, 4) is 11.1 Å². The van der Waals surface area contributed by atoms with E-state index in [4.69, 9.17) is 0 Å². The highest BCUT2D eigenvalue weighted by Crippen LogP contribution is 2.29. The van der Waals surface area contributed by atoms with Gasteiger partial charge in [0.15, 0.2) is 5.82 Å². The van der Waals surface area contributed by atoms with Gasteiger partial charge in [-0.1, -0.05) is 19.1 Å². The second-order valence-electron chi connectivity index (χ2n) is 7.36. The Bertz CT molecular complexity index is 1470. The van der Waals surface area contributed by atoms with E-state index in [0.717, 1.165) is 12.1 Å². The van der Waals surface area contributed by atoms with E-state index >= 15 is 4.39 Å². The molecule has 6 nitrogen and oxygen atoms in total. The molecule has 33 heavy (non-hydrogen) atoms. The van der Waals surface area contributed by atoms with E-state index in [1.54, 1.807) is 13.0 Å². The van der Waals surface area contributed by atoms with Crippen LogP contribution in [0.15, 0.2) is 54.9 Å². The molecule has 0 aliphatic heterocycles. The topological polar surface area (TPSA) is 91.9 Å². The Balaban J connectivity index is 1.78. The minimum Gasteiger partial charge on any atom is -0.345 e. The molecule has 0 unspecified atom stereocenters. The molecule has 4 aromatic rings. The highest BCUT2D eigenvalue weighted by Gasteiger charge is 2.26. The zero-order valence-electron chi connectivity index (χ0n) is 17.3. The number of anilines is 1. The van der Waals surface area contributed by atoms with Crippen LogP contribution in [0.1, 0.15) is 29.3 Å². The van der Waals surface area contributed by atoms with Crippen molar-refractivity contribution in [1.82, 2.24) is 9.97 Å². The third-order valence-corrected chi connectivity index (χ3v) is 6.49. The maximum absolute atomic E-state index is 15.1. The maximum atomic E-state index is 15.1. The average molecular weight is 473 g/mol. The Morgan fingerprint density at radius 2 is 1.79 bits per heavy atom. The maximum Gasteiger partial charge on any atom is 0.232 e. The second kappa shape index (κ2) is 8.70. The standard InChI is InChI=1S/C23H18F3N3O3S/c1-2-9-33(31,32)29-19-8-7-18(25)20(21(19)26)22(30)17-12-28-23-16(17)10-14(11-27-23)13-3-5-15(24)6-4-13/h3-8,10-12,29H,2,9H2,1H3,(H,27,28). The number of rotatable bonds is 7. The summed E-state index contributed by atoms with van der Waals surface area (Å²) in [5, 5.41) is 0.303. The first-order chi connectivity index (χ1) is 15.7. The fraction of sp³-hybridized carbons (Fsp3) is 0.130. The van der Waals surface area contributed by atoms with Crippen molar-refractivity contribution in [3.05, 3.63) is 83.4 Å². The summed E-state index contributed by atoms with van der Waals surface area (Å²) in [5.74, 6) is -4.09. The highest BCUT2D eigenvalue weighted by atomic mass is 32.2. The Kier molecular flexibility index (Phi) is 5.94. The monoisotopic (exact) mass is 473 g/mol. The minimum absolute atomic E-state index is 0.0483. The first-order valence-corrected chi connectivity index (χ1v) is 11.6. The number of hydrogen-bond donors (Lipinski definition) is 2. The van der Waals surface area contributed by atoms with Crippen molar-refractivity contribution in [1.29, 1.82) is 0 Å². The molecule has 4 rings (SSSR count). The Hall–Kier alpha value is -3.66. The fourth-order valence-electron chi connectivity index (χ4n) is 3.45. The number of H-pyrrole nitrogens is 1. The summed E-state index contributed by atoms with van der Waals surface area (Å²) in [5.41, 5.74) is 0.0591. The van der Waals surface area contributed by atoms with Crippen LogP contribution >= 0.6 is 0 Å². The van der Waals surface area contributed by atoms with Gasteiger partial charge >= 0.3 is 0 Å². The van der Waals surface area contributed by atoms with Crippen LogP contribution in [0.5, 0.6) is 0 Å². The van der Waals surface area contributed by atoms with E-state index in [1.807, 2.05) is 0 Å². The van der Waals surface area contributed by atoms with Crippen molar-refractivity contribution in [2.24, 2.45) is 0 Å². The van der Waals surface area contributed by atoms with Gasteiger partial charge in [-0.25, -0.2) is 26.6 Å². The van der Waals surface area contributed by atoms with E-state index in [1.165, 1.54) is 36.7 Å². The molecule has 2 aromatic heterocycles. The molecule has 0 saturated heterocycles. The number of fused-ring (bicyclic) bond motifs is 1. The smallest absolute Gasteiger partial charge is 0.232 e. The molecule has 0 bridgehead atoms. The zero-order valence-corrected chi connectivity index (χ0v) is 18.1. The van der Waals surface area contributed by atoms with Crippen molar-refractivity contribution < 1.29 is 26.4 Å². The number of nitrogens with zero attached hydrogens (tertiary/aromatic N) is 1. The number of aromatic amines is 1. The van der Waals surface area contributed by atoms with E-state index < -0.39 is 44.5 Å². The second-order valence-corrected chi connectivity index (χ2v) is 9.21. The van der Waals surface area contributed by atoms with Crippen LogP contribution < -0.4 is 4.72 Å². The van der Waals surface area contributed by atoms with Crippen LogP contribution in [0.4, 0.5) is 18.9 Å². The molecule has 170 valence electrons. The lowest BCUT2D eigenvalue weighted by molar-refractivity contribution is 0.103. The van der Waals surface area contributed by atoms with Gasteiger partial charge < -0.3 is 4.98 Å². The van der Waals surface area contributed by atoms with Crippen LogP contribution in [0, 0.1) is 17.5 Å². The van der Waals surface area contributed by atoms with Gasteiger partial charge in [-0.2, -0.15) is 0 Å². The third kappa shape index (κ3) is 4.47. The predicted octanol–water partition coefficient (Wildman–Crippen LogP) is 5.03. The molecule has 2 aromatic carbocycles. The number of ketones is 1. The number of hydrogen-bond acceptors (Lipinski definition) is 4.